The first-order valence-corrected chi connectivity index (χ1v) is 12.5. The summed E-state index contributed by atoms with van der Waals surface area (Å²) in [7, 11) is -4.29. The Morgan fingerprint density at radius 2 is 1.52 bits per heavy atom. The lowest BCUT2D eigenvalue weighted by molar-refractivity contribution is 0.0947. The number of hydrogen-bond donors (Lipinski definition) is 1. The van der Waals surface area contributed by atoms with Crippen LogP contribution in [-0.2, 0) is 16.6 Å². The van der Waals surface area contributed by atoms with E-state index in [4.69, 9.17) is 9.47 Å². The quantitative estimate of drug-likeness (QED) is 0.720. The van der Waals surface area contributed by atoms with Crippen LogP contribution in [0.5, 0.6) is 11.5 Å². The lowest BCUT2D eigenvalue weighted by Gasteiger charge is -2.30. The maximum absolute atomic E-state index is 13.5. The van der Waals surface area contributed by atoms with Crippen molar-refractivity contribution in [2.75, 3.05) is 19.9 Å². The second kappa shape index (κ2) is 8.64. The highest BCUT2D eigenvalue weighted by Crippen LogP contribution is 2.34. The van der Waals surface area contributed by atoms with Crippen molar-refractivity contribution >= 4 is 21.6 Å². The Morgan fingerprint density at radius 3 is 2.24 bits per heavy atom. The van der Waals surface area contributed by atoms with E-state index in [0.717, 1.165) is 25.7 Å². The van der Waals surface area contributed by atoms with E-state index in [-0.39, 0.29) is 30.2 Å². The van der Waals surface area contributed by atoms with Gasteiger partial charge in [0.15, 0.2) is 16.4 Å². The highest BCUT2D eigenvalue weighted by Gasteiger charge is 2.41. The average molecular weight is 469 g/mol. The van der Waals surface area contributed by atoms with E-state index in [2.05, 4.69) is 4.72 Å². The predicted molar refractivity (Wildman–Crippen MR) is 120 cm³/mol. The summed E-state index contributed by atoms with van der Waals surface area (Å²) in [6, 6.07) is 11.5. The summed E-state index contributed by atoms with van der Waals surface area (Å²) in [5.41, 5.74) is 0.995. The number of Topliss-reactive ketones (excluding diaryl/α,β-unsaturated/α-hetero) is 2. The maximum atomic E-state index is 13.5. The van der Waals surface area contributed by atoms with Crippen LogP contribution in [-0.4, -0.2) is 44.8 Å². The number of carbonyl (C=O) groups is 2. The fourth-order valence-electron chi connectivity index (χ4n) is 4.47. The molecule has 0 saturated carbocycles. The molecule has 5 rings (SSSR count). The molecule has 2 aromatic rings. The molecule has 33 heavy (non-hydrogen) atoms. The molecule has 2 heterocycles. The fraction of sp³-hybridized carbons (Fsp3) is 0.333. The maximum Gasteiger partial charge on any atom is 0.247 e. The number of hydrogen-bond acceptors (Lipinski definition) is 7. The Balaban J connectivity index is 1.52. The molecule has 3 aliphatic rings. The van der Waals surface area contributed by atoms with Gasteiger partial charge in [-0.15, -0.1) is 0 Å². The Morgan fingerprint density at radius 1 is 0.848 bits per heavy atom. The summed E-state index contributed by atoms with van der Waals surface area (Å²) in [4.78, 5) is 28.2. The van der Waals surface area contributed by atoms with E-state index < -0.39 is 26.5 Å². The minimum absolute atomic E-state index is 0.0150. The van der Waals surface area contributed by atoms with E-state index >= 15 is 0 Å². The molecule has 1 N–H and O–H groups in total. The van der Waals surface area contributed by atoms with Gasteiger partial charge in [0.05, 0.1) is 0 Å². The molecule has 0 aromatic heterocycles. The van der Waals surface area contributed by atoms with Gasteiger partial charge in [-0.3, -0.25) is 9.59 Å². The topological polar surface area (TPSA) is 102 Å². The van der Waals surface area contributed by atoms with Crippen LogP contribution in [0.25, 0.3) is 0 Å². The Bertz CT molecular complexity index is 1260. The molecule has 9 heteroatoms. The van der Waals surface area contributed by atoms with Gasteiger partial charge < -0.3 is 14.4 Å². The third-order valence-corrected chi connectivity index (χ3v) is 7.59. The molecule has 0 bridgehead atoms. The molecule has 0 amide bonds. The van der Waals surface area contributed by atoms with Gasteiger partial charge in [-0.1, -0.05) is 43.2 Å². The van der Waals surface area contributed by atoms with Crippen LogP contribution in [0.4, 0.5) is 0 Å². The van der Waals surface area contributed by atoms with Crippen molar-refractivity contribution in [1.29, 1.82) is 0 Å². The monoisotopic (exact) mass is 468 g/mol. The van der Waals surface area contributed by atoms with Gasteiger partial charge in [-0.2, -0.15) is 0 Å². The highest BCUT2D eigenvalue weighted by atomic mass is 32.2. The van der Waals surface area contributed by atoms with Crippen LogP contribution in [0, 0.1) is 0 Å². The van der Waals surface area contributed by atoms with Crippen molar-refractivity contribution < 1.29 is 27.5 Å². The van der Waals surface area contributed by atoms with Crippen LogP contribution in [0.3, 0.4) is 0 Å². The SMILES string of the molecule is O=C1C(N2CCCCCC2)=C(S(=O)(=O)NCc2ccc3c(c2)OCO3)C(=O)c2ccccc21. The molecule has 1 saturated heterocycles. The van der Waals surface area contributed by atoms with Gasteiger partial charge in [0, 0.05) is 30.8 Å². The van der Waals surface area contributed by atoms with Crippen LogP contribution < -0.4 is 14.2 Å². The van der Waals surface area contributed by atoms with Crippen molar-refractivity contribution in [3.05, 3.63) is 69.8 Å². The van der Waals surface area contributed by atoms with E-state index in [1.165, 1.54) is 6.07 Å². The zero-order valence-corrected chi connectivity index (χ0v) is 18.8. The number of ether oxygens (including phenoxy) is 2. The summed E-state index contributed by atoms with van der Waals surface area (Å²) >= 11 is 0. The Hall–Kier alpha value is -3.17. The lowest BCUT2D eigenvalue weighted by atomic mass is 9.91. The number of likely N-dealkylation sites (tertiary alicyclic amines) is 1. The number of rotatable bonds is 5. The van der Waals surface area contributed by atoms with E-state index in [0.29, 0.717) is 30.2 Å². The van der Waals surface area contributed by atoms with Gasteiger partial charge in [-0.05, 0) is 30.5 Å². The van der Waals surface area contributed by atoms with Gasteiger partial charge in [0.1, 0.15) is 5.70 Å². The molecule has 2 aromatic carbocycles. The summed E-state index contributed by atoms with van der Waals surface area (Å²) < 4.78 is 40.1. The number of benzene rings is 2. The molecular formula is C24H24N2O6S. The normalized spacial score (nSPS) is 18.4. The van der Waals surface area contributed by atoms with Gasteiger partial charge in [-0.25, -0.2) is 13.1 Å². The van der Waals surface area contributed by atoms with Crippen molar-refractivity contribution in [3.63, 3.8) is 0 Å². The first-order valence-electron chi connectivity index (χ1n) is 11.0. The summed E-state index contributed by atoms with van der Waals surface area (Å²) in [5.74, 6) is 0.0598. The second-order valence-corrected chi connectivity index (χ2v) is 10.00. The molecular weight excluding hydrogens is 444 g/mol. The number of carbonyl (C=O) groups excluding carboxylic acids is 2. The number of allylic oxidation sites excluding steroid dienone is 2. The molecule has 0 atom stereocenters. The highest BCUT2D eigenvalue weighted by molar-refractivity contribution is 7.94. The summed E-state index contributed by atoms with van der Waals surface area (Å²) in [5, 5.41) is 0. The van der Waals surface area contributed by atoms with Gasteiger partial charge in [0.2, 0.25) is 28.4 Å². The first-order chi connectivity index (χ1) is 16.0. The smallest absolute Gasteiger partial charge is 0.247 e. The third-order valence-electron chi connectivity index (χ3n) is 6.15. The number of sulfonamides is 1. The fourth-order valence-corrected chi connectivity index (χ4v) is 5.80. The zero-order valence-electron chi connectivity index (χ0n) is 18.0. The zero-order chi connectivity index (χ0) is 23.0. The van der Waals surface area contributed by atoms with Crippen molar-refractivity contribution in [3.8, 4) is 11.5 Å². The molecule has 2 aliphatic heterocycles. The number of fused-ring (bicyclic) bond motifs is 2. The van der Waals surface area contributed by atoms with Gasteiger partial charge in [0.25, 0.3) is 0 Å². The molecule has 1 aliphatic carbocycles. The van der Waals surface area contributed by atoms with Crippen LogP contribution >= 0.6 is 0 Å². The number of nitrogens with one attached hydrogen (secondary N) is 1. The Kier molecular flexibility index (Phi) is 5.67. The van der Waals surface area contributed by atoms with E-state index in [1.54, 1.807) is 41.3 Å². The van der Waals surface area contributed by atoms with E-state index in [9.17, 15) is 18.0 Å². The molecule has 1 fully saturated rings. The minimum Gasteiger partial charge on any atom is -0.454 e. The standard InChI is InChI=1S/C24H24N2O6S/c27-22-17-7-3-4-8-18(17)23(28)24(21(22)26-11-5-1-2-6-12-26)33(29,30)25-14-16-9-10-19-20(13-16)32-15-31-19/h3-4,7-10,13,25H,1-2,5-6,11-12,14-15H2. The van der Waals surface area contributed by atoms with Crippen molar-refractivity contribution in [2.24, 2.45) is 0 Å². The van der Waals surface area contributed by atoms with Gasteiger partial charge >= 0.3 is 0 Å². The molecule has 0 unspecified atom stereocenters. The predicted octanol–water partition coefficient (Wildman–Crippen LogP) is 3.00. The molecule has 172 valence electrons. The van der Waals surface area contributed by atoms with Crippen molar-refractivity contribution in [2.45, 2.75) is 32.2 Å². The molecule has 0 spiro atoms. The van der Waals surface area contributed by atoms with Crippen molar-refractivity contribution in [1.82, 2.24) is 9.62 Å². The number of nitrogens with zero attached hydrogens (tertiary/aromatic N) is 1. The minimum atomic E-state index is -4.29. The average Bonchev–Trinajstić information content (AvgIpc) is 3.12. The first kappa shape index (κ1) is 21.7. The number of ketones is 2. The largest absolute Gasteiger partial charge is 0.454 e. The molecule has 0 radical (unpaired) electrons. The lowest BCUT2D eigenvalue weighted by Crippen LogP contribution is -2.40. The Labute approximate surface area is 192 Å². The van der Waals surface area contributed by atoms with E-state index in [1.807, 2.05) is 0 Å². The second-order valence-electron chi connectivity index (χ2n) is 8.29. The third kappa shape index (κ3) is 4.02. The summed E-state index contributed by atoms with van der Waals surface area (Å²) in [6.45, 7) is 1.14. The summed E-state index contributed by atoms with van der Waals surface area (Å²) in [6.07, 6.45) is 3.69. The van der Waals surface area contributed by atoms with Crippen LogP contribution in [0.15, 0.2) is 53.1 Å². The van der Waals surface area contributed by atoms with Crippen LogP contribution in [0.2, 0.25) is 0 Å². The van der Waals surface area contributed by atoms with Crippen LogP contribution in [0.1, 0.15) is 52.0 Å². The molecule has 8 nitrogen and oxygen atoms in total.